The molecule has 1 aliphatic heterocycles. The topological polar surface area (TPSA) is 145 Å². The van der Waals surface area contributed by atoms with Gasteiger partial charge in [0.2, 0.25) is 5.88 Å². The molecule has 1 aromatic carbocycles. The highest BCUT2D eigenvalue weighted by molar-refractivity contribution is 7.93. The molecule has 3 heterocycles. The van der Waals surface area contributed by atoms with Crippen molar-refractivity contribution in [2.75, 3.05) is 18.2 Å². The standard InChI is InChI=1S/C20H22FN7O3S/c1-19(2)18(22)28-20(3,9-32(19,29)30)12-7-11(5-6-13(12)21)26-16-15-17(25-10-24-16)27-14(31-4)8-23-15/h5-8,10H,9H2,1-4H3,(H2,22,28)(H,24,25,26,27)/t20-/m0/s1. The van der Waals surface area contributed by atoms with Crippen LogP contribution in [-0.4, -0.2) is 51.8 Å². The molecule has 10 nitrogen and oxygen atoms in total. The maximum atomic E-state index is 14.9. The highest BCUT2D eigenvalue weighted by atomic mass is 32.2. The fraction of sp³-hybridized carbons (Fsp3) is 0.350. The summed E-state index contributed by atoms with van der Waals surface area (Å²) in [5.41, 5.74) is 5.85. The summed E-state index contributed by atoms with van der Waals surface area (Å²) in [5, 5.41) is 3.07. The van der Waals surface area contributed by atoms with Crippen molar-refractivity contribution in [3.63, 3.8) is 0 Å². The summed E-state index contributed by atoms with van der Waals surface area (Å²) < 4.78 is 44.3. The highest BCUT2D eigenvalue weighted by Crippen LogP contribution is 2.39. The minimum atomic E-state index is -3.68. The van der Waals surface area contributed by atoms with Gasteiger partial charge in [-0.15, -0.1) is 0 Å². The molecule has 0 spiro atoms. The molecule has 0 saturated carbocycles. The number of nitrogens with two attached hydrogens (primary N) is 1. The number of nitrogens with one attached hydrogen (secondary N) is 1. The molecule has 0 fully saturated rings. The molecular formula is C20H22FN7O3S. The van der Waals surface area contributed by atoms with Crippen molar-refractivity contribution in [3.05, 3.63) is 42.1 Å². The van der Waals surface area contributed by atoms with E-state index in [0.717, 1.165) is 0 Å². The summed E-state index contributed by atoms with van der Waals surface area (Å²) in [6, 6.07) is 4.23. The first-order chi connectivity index (χ1) is 15.0. The lowest BCUT2D eigenvalue weighted by Gasteiger charge is -2.38. The van der Waals surface area contributed by atoms with E-state index >= 15 is 0 Å². The summed E-state index contributed by atoms with van der Waals surface area (Å²) in [7, 11) is -2.21. The Bertz CT molecular complexity index is 1360. The number of ether oxygens (including phenoxy) is 1. The fourth-order valence-corrected chi connectivity index (χ4v) is 5.13. The Morgan fingerprint density at radius 3 is 2.62 bits per heavy atom. The molecule has 4 rings (SSSR count). The number of hydrogen-bond donors (Lipinski definition) is 2. The van der Waals surface area contributed by atoms with Gasteiger partial charge >= 0.3 is 0 Å². The Morgan fingerprint density at radius 2 is 1.94 bits per heavy atom. The lowest BCUT2D eigenvalue weighted by atomic mass is 9.92. The van der Waals surface area contributed by atoms with Crippen LogP contribution < -0.4 is 15.8 Å². The van der Waals surface area contributed by atoms with Crippen LogP contribution in [0.15, 0.2) is 35.7 Å². The van der Waals surface area contributed by atoms with Gasteiger partial charge in [0.15, 0.2) is 26.8 Å². The zero-order valence-electron chi connectivity index (χ0n) is 17.9. The molecular weight excluding hydrogens is 437 g/mol. The molecule has 0 amide bonds. The van der Waals surface area contributed by atoms with Gasteiger partial charge < -0.3 is 15.8 Å². The number of fused-ring (bicyclic) bond motifs is 1. The molecule has 168 valence electrons. The molecule has 12 heteroatoms. The third kappa shape index (κ3) is 3.49. The number of hydrogen-bond acceptors (Lipinski definition) is 10. The Morgan fingerprint density at radius 1 is 1.19 bits per heavy atom. The van der Waals surface area contributed by atoms with Crippen LogP contribution in [0.5, 0.6) is 5.88 Å². The largest absolute Gasteiger partial charge is 0.480 e. The zero-order chi connectivity index (χ0) is 23.3. The van der Waals surface area contributed by atoms with Gasteiger partial charge in [0, 0.05) is 11.3 Å². The second kappa shape index (κ2) is 7.33. The predicted octanol–water partition coefficient (Wildman–Crippen LogP) is 2.09. The minimum absolute atomic E-state index is 0.0602. The van der Waals surface area contributed by atoms with Crippen LogP contribution in [0.25, 0.3) is 11.2 Å². The van der Waals surface area contributed by atoms with Crippen LogP contribution in [0.4, 0.5) is 15.9 Å². The molecule has 2 aromatic heterocycles. The molecule has 1 aliphatic rings. The van der Waals surface area contributed by atoms with Crippen molar-refractivity contribution in [2.45, 2.75) is 31.1 Å². The van der Waals surface area contributed by atoms with Crippen molar-refractivity contribution >= 4 is 38.3 Å². The van der Waals surface area contributed by atoms with E-state index in [0.29, 0.717) is 28.5 Å². The number of aliphatic imine (C=N–C) groups is 1. The second-order valence-corrected chi connectivity index (χ2v) is 10.7. The van der Waals surface area contributed by atoms with E-state index in [9.17, 15) is 12.8 Å². The first-order valence-corrected chi connectivity index (χ1v) is 11.3. The van der Waals surface area contributed by atoms with Crippen molar-refractivity contribution in [3.8, 4) is 5.88 Å². The van der Waals surface area contributed by atoms with Gasteiger partial charge in [0.25, 0.3) is 0 Å². The lowest BCUT2D eigenvalue weighted by molar-refractivity contribution is 0.397. The van der Waals surface area contributed by atoms with Gasteiger partial charge in [-0.1, -0.05) is 0 Å². The number of nitrogens with zero attached hydrogens (tertiary/aromatic N) is 5. The van der Waals surface area contributed by atoms with Gasteiger partial charge in [-0.2, -0.15) is 4.98 Å². The average Bonchev–Trinajstić information content (AvgIpc) is 2.73. The molecule has 0 radical (unpaired) electrons. The van der Waals surface area contributed by atoms with E-state index in [4.69, 9.17) is 10.5 Å². The quantitative estimate of drug-likeness (QED) is 0.599. The summed E-state index contributed by atoms with van der Waals surface area (Å²) in [6.45, 7) is 4.53. The molecule has 1 atom stereocenters. The van der Waals surface area contributed by atoms with Crippen LogP contribution in [0.1, 0.15) is 26.3 Å². The first-order valence-electron chi connectivity index (χ1n) is 9.64. The first kappa shape index (κ1) is 21.8. The highest BCUT2D eigenvalue weighted by Gasteiger charge is 2.49. The molecule has 3 N–H and O–H groups in total. The number of anilines is 2. The van der Waals surface area contributed by atoms with Crippen LogP contribution in [0.2, 0.25) is 0 Å². The molecule has 0 unspecified atom stereocenters. The number of sulfone groups is 1. The number of benzene rings is 1. The SMILES string of the molecule is COc1cnc2c(Nc3ccc(F)c([C@]4(C)CS(=O)(=O)C(C)(C)C(N)=N4)c3)ncnc2n1. The van der Waals surface area contributed by atoms with Gasteiger partial charge in [-0.25, -0.2) is 27.8 Å². The molecule has 3 aromatic rings. The van der Waals surface area contributed by atoms with E-state index < -0.39 is 25.9 Å². The minimum Gasteiger partial charge on any atom is -0.480 e. The van der Waals surface area contributed by atoms with Crippen LogP contribution in [-0.2, 0) is 15.4 Å². The predicted molar refractivity (Wildman–Crippen MR) is 118 cm³/mol. The maximum absolute atomic E-state index is 14.9. The van der Waals surface area contributed by atoms with Crippen molar-refractivity contribution < 1.29 is 17.5 Å². The average molecular weight is 460 g/mol. The Kier molecular flexibility index (Phi) is 4.99. The summed E-state index contributed by atoms with van der Waals surface area (Å²) in [5.74, 6) is -0.392. The van der Waals surface area contributed by atoms with Gasteiger partial charge in [-0.05, 0) is 39.0 Å². The smallest absolute Gasteiger partial charge is 0.234 e. The van der Waals surface area contributed by atoms with Crippen LogP contribution in [0, 0.1) is 5.82 Å². The van der Waals surface area contributed by atoms with Crippen molar-refractivity contribution in [1.82, 2.24) is 19.9 Å². The van der Waals surface area contributed by atoms with E-state index in [1.54, 1.807) is 6.92 Å². The zero-order valence-corrected chi connectivity index (χ0v) is 18.7. The Balaban J connectivity index is 1.77. The van der Waals surface area contributed by atoms with E-state index in [1.165, 1.54) is 51.7 Å². The number of methoxy groups -OCH3 is 1. The number of rotatable bonds is 4. The molecule has 32 heavy (non-hydrogen) atoms. The Labute approximate surface area is 184 Å². The number of halogens is 1. The number of amidine groups is 1. The van der Waals surface area contributed by atoms with Crippen molar-refractivity contribution in [2.24, 2.45) is 10.7 Å². The van der Waals surface area contributed by atoms with E-state index in [2.05, 4.69) is 30.2 Å². The molecule has 0 bridgehead atoms. The summed E-state index contributed by atoms with van der Waals surface area (Å²) in [4.78, 5) is 21.2. The summed E-state index contributed by atoms with van der Waals surface area (Å²) >= 11 is 0. The Hall–Kier alpha value is -3.41. The normalized spacial score (nSPS) is 21.7. The van der Waals surface area contributed by atoms with Gasteiger partial charge in [-0.3, -0.25) is 4.99 Å². The van der Waals surface area contributed by atoms with Crippen molar-refractivity contribution in [1.29, 1.82) is 0 Å². The second-order valence-electron chi connectivity index (χ2n) is 8.17. The van der Waals surface area contributed by atoms with E-state index in [-0.39, 0.29) is 17.2 Å². The molecule has 0 aliphatic carbocycles. The van der Waals surface area contributed by atoms with E-state index in [1.807, 2.05) is 0 Å². The lowest BCUT2D eigenvalue weighted by Crippen LogP contribution is -2.54. The third-order valence-corrected chi connectivity index (χ3v) is 8.28. The van der Waals surface area contributed by atoms with Gasteiger partial charge in [0.05, 0.1) is 19.1 Å². The maximum Gasteiger partial charge on any atom is 0.234 e. The molecule has 0 saturated heterocycles. The summed E-state index contributed by atoms with van der Waals surface area (Å²) in [6.07, 6.45) is 2.74. The van der Waals surface area contributed by atoms with Crippen LogP contribution in [0.3, 0.4) is 0 Å². The van der Waals surface area contributed by atoms with Gasteiger partial charge in [0.1, 0.15) is 28.3 Å². The van der Waals surface area contributed by atoms with Crippen LogP contribution >= 0.6 is 0 Å². The number of aromatic nitrogens is 4. The monoisotopic (exact) mass is 459 g/mol. The fourth-order valence-electron chi connectivity index (χ4n) is 3.45. The third-order valence-electron chi connectivity index (χ3n) is 5.57.